The fourth-order valence-corrected chi connectivity index (χ4v) is 2.96. The van der Waals surface area contributed by atoms with Crippen molar-refractivity contribution < 1.29 is 15.0 Å². The Bertz CT molecular complexity index is 255. The van der Waals surface area contributed by atoms with Crippen molar-refractivity contribution in [3.8, 4) is 0 Å². The minimum absolute atomic E-state index is 0.291. The van der Waals surface area contributed by atoms with Crippen LogP contribution < -0.4 is 0 Å². The lowest BCUT2D eigenvalue weighted by Gasteiger charge is -2.27. The average molecular weight is 330 g/mol. The van der Waals surface area contributed by atoms with Crippen LogP contribution in [0.5, 0.6) is 0 Å². The molecular formula is C19H39NO3. The molecule has 0 saturated carbocycles. The van der Waals surface area contributed by atoms with Gasteiger partial charge >= 0.3 is 5.97 Å². The molecular weight excluding hydrogens is 290 g/mol. The SMILES string of the molecule is CCCCCCCCN(CCCCCCCC)[C@@H](CO)C(=O)O. The van der Waals surface area contributed by atoms with Crippen molar-refractivity contribution in [3.05, 3.63) is 0 Å². The third-order valence-corrected chi connectivity index (χ3v) is 4.50. The fourth-order valence-electron chi connectivity index (χ4n) is 2.96. The molecule has 0 aliphatic rings. The van der Waals surface area contributed by atoms with E-state index in [2.05, 4.69) is 13.8 Å². The van der Waals surface area contributed by atoms with Gasteiger partial charge in [0.25, 0.3) is 0 Å². The molecule has 138 valence electrons. The van der Waals surface area contributed by atoms with Crippen molar-refractivity contribution in [2.24, 2.45) is 0 Å². The predicted molar refractivity (Wildman–Crippen MR) is 96.8 cm³/mol. The number of unbranched alkanes of at least 4 members (excludes halogenated alkanes) is 10. The van der Waals surface area contributed by atoms with Crippen LogP contribution in [0.25, 0.3) is 0 Å². The normalized spacial score (nSPS) is 12.7. The van der Waals surface area contributed by atoms with Gasteiger partial charge in [-0.25, -0.2) is 0 Å². The lowest BCUT2D eigenvalue weighted by Crippen LogP contribution is -2.44. The summed E-state index contributed by atoms with van der Waals surface area (Å²) in [6, 6.07) is -0.735. The summed E-state index contributed by atoms with van der Waals surface area (Å²) in [4.78, 5) is 13.3. The molecule has 23 heavy (non-hydrogen) atoms. The van der Waals surface area contributed by atoms with Gasteiger partial charge in [-0.1, -0.05) is 78.1 Å². The zero-order valence-corrected chi connectivity index (χ0v) is 15.4. The third kappa shape index (κ3) is 12.5. The first kappa shape index (κ1) is 22.4. The Balaban J connectivity index is 4.06. The van der Waals surface area contributed by atoms with Gasteiger partial charge in [-0.3, -0.25) is 9.69 Å². The first-order valence-electron chi connectivity index (χ1n) is 9.75. The van der Waals surface area contributed by atoms with Gasteiger partial charge in [0.15, 0.2) is 0 Å². The van der Waals surface area contributed by atoms with Crippen molar-refractivity contribution in [1.29, 1.82) is 0 Å². The van der Waals surface area contributed by atoms with Gasteiger partial charge in [-0.15, -0.1) is 0 Å². The second-order valence-electron chi connectivity index (χ2n) is 6.61. The van der Waals surface area contributed by atoms with Crippen LogP contribution in [0.1, 0.15) is 90.9 Å². The van der Waals surface area contributed by atoms with Crippen LogP contribution in [0.2, 0.25) is 0 Å². The van der Waals surface area contributed by atoms with Crippen LogP contribution in [-0.4, -0.2) is 46.8 Å². The monoisotopic (exact) mass is 329 g/mol. The molecule has 0 unspecified atom stereocenters. The Kier molecular flexibility index (Phi) is 15.8. The molecule has 0 fully saturated rings. The lowest BCUT2D eigenvalue weighted by atomic mass is 10.1. The van der Waals surface area contributed by atoms with E-state index >= 15 is 0 Å². The Labute approximate surface area is 143 Å². The van der Waals surface area contributed by atoms with E-state index in [1.54, 1.807) is 0 Å². The second-order valence-corrected chi connectivity index (χ2v) is 6.61. The van der Waals surface area contributed by atoms with Gasteiger partial charge in [0, 0.05) is 0 Å². The standard InChI is InChI=1S/C19H39NO3/c1-3-5-7-9-11-13-15-20(18(17-21)19(22)23)16-14-12-10-8-6-4-2/h18,21H,3-17H2,1-2H3,(H,22,23)/t18-/m0/s1. The third-order valence-electron chi connectivity index (χ3n) is 4.50. The van der Waals surface area contributed by atoms with E-state index in [-0.39, 0.29) is 6.61 Å². The van der Waals surface area contributed by atoms with Crippen molar-refractivity contribution in [2.75, 3.05) is 19.7 Å². The second kappa shape index (κ2) is 16.3. The zero-order valence-electron chi connectivity index (χ0n) is 15.4. The van der Waals surface area contributed by atoms with Crippen LogP contribution in [0, 0.1) is 0 Å². The molecule has 0 aliphatic heterocycles. The number of nitrogens with zero attached hydrogens (tertiary/aromatic N) is 1. The van der Waals surface area contributed by atoms with E-state index in [1.807, 2.05) is 4.90 Å². The highest BCUT2D eigenvalue weighted by molar-refractivity contribution is 5.73. The van der Waals surface area contributed by atoms with E-state index in [0.29, 0.717) is 0 Å². The van der Waals surface area contributed by atoms with Crippen molar-refractivity contribution in [3.63, 3.8) is 0 Å². The summed E-state index contributed by atoms with van der Waals surface area (Å²) in [6.07, 6.45) is 14.5. The molecule has 4 heteroatoms. The van der Waals surface area contributed by atoms with Gasteiger partial charge in [0.05, 0.1) is 6.61 Å². The summed E-state index contributed by atoms with van der Waals surface area (Å²) < 4.78 is 0. The van der Waals surface area contributed by atoms with Crippen LogP contribution in [-0.2, 0) is 4.79 Å². The maximum absolute atomic E-state index is 11.3. The van der Waals surface area contributed by atoms with Crippen LogP contribution in [0.4, 0.5) is 0 Å². The van der Waals surface area contributed by atoms with Gasteiger partial charge < -0.3 is 10.2 Å². The highest BCUT2D eigenvalue weighted by atomic mass is 16.4. The molecule has 4 nitrogen and oxygen atoms in total. The quantitative estimate of drug-likeness (QED) is 0.387. The summed E-state index contributed by atoms with van der Waals surface area (Å²) in [7, 11) is 0. The van der Waals surface area contributed by atoms with Crippen LogP contribution >= 0.6 is 0 Å². The first-order chi connectivity index (χ1) is 11.2. The van der Waals surface area contributed by atoms with Crippen molar-refractivity contribution in [1.82, 2.24) is 4.90 Å². The van der Waals surface area contributed by atoms with Gasteiger partial charge in [-0.05, 0) is 25.9 Å². The molecule has 0 spiro atoms. The fraction of sp³-hybridized carbons (Fsp3) is 0.947. The largest absolute Gasteiger partial charge is 0.480 e. The number of aliphatic hydroxyl groups is 1. The Morgan fingerprint density at radius 3 is 1.52 bits per heavy atom. The molecule has 0 aromatic rings. The van der Waals surface area contributed by atoms with E-state index in [0.717, 1.165) is 38.8 Å². The molecule has 0 heterocycles. The van der Waals surface area contributed by atoms with Crippen molar-refractivity contribution in [2.45, 2.75) is 96.9 Å². The summed E-state index contributed by atoms with van der Waals surface area (Å²) in [6.45, 7) is 5.71. The summed E-state index contributed by atoms with van der Waals surface area (Å²) in [5, 5.41) is 18.7. The molecule has 0 amide bonds. The number of rotatable bonds is 17. The van der Waals surface area contributed by atoms with E-state index in [1.165, 1.54) is 51.4 Å². The summed E-state index contributed by atoms with van der Waals surface area (Å²) >= 11 is 0. The Morgan fingerprint density at radius 1 is 0.783 bits per heavy atom. The number of aliphatic carboxylic acids is 1. The van der Waals surface area contributed by atoms with Gasteiger partial charge in [0.2, 0.25) is 0 Å². The van der Waals surface area contributed by atoms with E-state index in [4.69, 9.17) is 0 Å². The van der Waals surface area contributed by atoms with E-state index < -0.39 is 12.0 Å². The minimum Gasteiger partial charge on any atom is -0.480 e. The summed E-state index contributed by atoms with van der Waals surface area (Å²) in [5.74, 6) is -0.899. The molecule has 0 radical (unpaired) electrons. The first-order valence-corrected chi connectivity index (χ1v) is 9.75. The number of hydrogen-bond donors (Lipinski definition) is 2. The molecule has 0 saturated heterocycles. The summed E-state index contributed by atoms with van der Waals surface area (Å²) in [5.41, 5.74) is 0. The number of carboxylic acid groups (broad SMARTS) is 1. The number of carboxylic acids is 1. The molecule has 0 aromatic heterocycles. The molecule has 2 N–H and O–H groups in total. The highest BCUT2D eigenvalue weighted by Gasteiger charge is 2.23. The van der Waals surface area contributed by atoms with Crippen LogP contribution in [0.15, 0.2) is 0 Å². The minimum atomic E-state index is -0.899. The highest BCUT2D eigenvalue weighted by Crippen LogP contribution is 2.11. The Morgan fingerprint density at radius 2 is 1.17 bits per heavy atom. The predicted octanol–water partition coefficient (Wildman–Crippen LogP) is 4.45. The molecule has 0 rings (SSSR count). The number of aliphatic hydroxyl groups excluding tert-OH is 1. The molecule has 0 aliphatic carbocycles. The maximum atomic E-state index is 11.3. The van der Waals surface area contributed by atoms with E-state index in [9.17, 15) is 15.0 Å². The molecule has 1 atom stereocenters. The zero-order chi connectivity index (χ0) is 17.3. The smallest absolute Gasteiger partial charge is 0.323 e. The lowest BCUT2D eigenvalue weighted by molar-refractivity contribution is -0.145. The average Bonchev–Trinajstić information content (AvgIpc) is 2.53. The topological polar surface area (TPSA) is 60.8 Å². The van der Waals surface area contributed by atoms with Gasteiger partial charge in [0.1, 0.15) is 6.04 Å². The molecule has 0 bridgehead atoms. The van der Waals surface area contributed by atoms with Crippen molar-refractivity contribution >= 4 is 5.97 Å². The number of hydrogen-bond acceptors (Lipinski definition) is 3. The molecule has 0 aromatic carbocycles. The maximum Gasteiger partial charge on any atom is 0.323 e. The number of carbonyl (C=O) groups is 1. The van der Waals surface area contributed by atoms with Crippen LogP contribution in [0.3, 0.4) is 0 Å². The Hall–Kier alpha value is -0.610. The van der Waals surface area contributed by atoms with Gasteiger partial charge in [-0.2, -0.15) is 0 Å².